The molecule has 27 heavy (non-hydrogen) atoms. The van der Waals surface area contributed by atoms with E-state index in [1.54, 1.807) is 24.3 Å². The van der Waals surface area contributed by atoms with Crippen molar-refractivity contribution in [2.45, 2.75) is 33.1 Å². The molecule has 0 aliphatic rings. The maximum Gasteiger partial charge on any atom is 0.345 e. The molecule has 0 unspecified atom stereocenters. The molecular formula is C19H19N3O5. The third kappa shape index (κ3) is 3.74. The number of amides is 1. The van der Waals surface area contributed by atoms with E-state index >= 15 is 0 Å². The average Bonchev–Trinajstić information content (AvgIpc) is 2.59. The van der Waals surface area contributed by atoms with E-state index in [9.17, 15) is 19.2 Å². The molecule has 8 nitrogen and oxygen atoms in total. The molecule has 0 aliphatic heterocycles. The lowest BCUT2D eigenvalue weighted by atomic mass is 9.96. The second-order valence-corrected chi connectivity index (χ2v) is 6.22. The van der Waals surface area contributed by atoms with Crippen molar-refractivity contribution in [1.82, 2.24) is 9.97 Å². The van der Waals surface area contributed by atoms with Crippen molar-refractivity contribution in [3.63, 3.8) is 0 Å². The topological polar surface area (TPSA) is 125 Å². The second kappa shape index (κ2) is 7.45. The lowest BCUT2D eigenvalue weighted by molar-refractivity contribution is -0.114. The normalized spacial score (nSPS) is 10.9. The Balaban J connectivity index is 2.26. The Labute approximate surface area is 153 Å². The van der Waals surface area contributed by atoms with Gasteiger partial charge in [-0.3, -0.25) is 19.6 Å². The van der Waals surface area contributed by atoms with Gasteiger partial charge in [-0.05, 0) is 36.1 Å². The molecule has 140 valence electrons. The molecule has 1 amide bonds. The largest absolute Gasteiger partial charge is 0.405 e. The van der Waals surface area contributed by atoms with Crippen LogP contribution in [0.4, 0.5) is 5.69 Å². The number of H-pyrrole nitrogens is 2. The molecular weight excluding hydrogens is 350 g/mol. The molecule has 3 rings (SSSR count). The van der Waals surface area contributed by atoms with Gasteiger partial charge in [0.2, 0.25) is 11.6 Å². The highest BCUT2D eigenvalue weighted by Crippen LogP contribution is 2.27. The number of benzene rings is 1. The summed E-state index contributed by atoms with van der Waals surface area (Å²) in [5.74, 6) is -0.202. The summed E-state index contributed by atoms with van der Waals surface area (Å²) in [7, 11) is 0. The van der Waals surface area contributed by atoms with E-state index < -0.39 is 16.9 Å². The molecule has 0 saturated heterocycles. The van der Waals surface area contributed by atoms with E-state index in [4.69, 9.17) is 4.42 Å². The lowest BCUT2D eigenvalue weighted by Crippen LogP contribution is -2.25. The first-order chi connectivity index (χ1) is 12.9. The van der Waals surface area contributed by atoms with Gasteiger partial charge in [0.15, 0.2) is 0 Å². The maximum absolute atomic E-state index is 12.6. The standard InChI is InChI=1S/C19H19N3O5/c1-3-4-5-13-14(11-6-8-12(9-7-11)20-10(2)23)18(25)27-17-15(13)16(24)21-19(26)22-17/h6-9H,3-5H2,1-2H3,(H,20,23)(H2,21,22,24,26). The number of aryl methyl sites for hydroxylation is 1. The number of carbonyl (C=O) groups is 1. The minimum atomic E-state index is -0.732. The Hall–Kier alpha value is -3.42. The van der Waals surface area contributed by atoms with Gasteiger partial charge in [-0.2, -0.15) is 0 Å². The molecule has 2 aromatic heterocycles. The Morgan fingerprint density at radius 1 is 1.11 bits per heavy atom. The highest BCUT2D eigenvalue weighted by atomic mass is 16.4. The highest BCUT2D eigenvalue weighted by Gasteiger charge is 2.19. The zero-order valence-electron chi connectivity index (χ0n) is 15.0. The van der Waals surface area contributed by atoms with Crippen LogP contribution in [0.2, 0.25) is 0 Å². The summed E-state index contributed by atoms with van der Waals surface area (Å²) < 4.78 is 5.22. The molecule has 0 radical (unpaired) electrons. The first-order valence-electron chi connectivity index (χ1n) is 8.61. The summed E-state index contributed by atoms with van der Waals surface area (Å²) in [5, 5.41) is 2.83. The van der Waals surface area contributed by atoms with Crippen molar-refractivity contribution in [3.8, 4) is 11.1 Å². The number of hydrogen-bond donors (Lipinski definition) is 3. The third-order valence-corrected chi connectivity index (χ3v) is 4.18. The highest BCUT2D eigenvalue weighted by molar-refractivity contribution is 5.89. The van der Waals surface area contributed by atoms with Crippen LogP contribution in [0, 0.1) is 0 Å². The van der Waals surface area contributed by atoms with E-state index in [0.717, 1.165) is 12.8 Å². The van der Waals surface area contributed by atoms with Crippen molar-refractivity contribution in [2.75, 3.05) is 5.32 Å². The number of nitrogens with one attached hydrogen (secondary N) is 3. The smallest absolute Gasteiger partial charge is 0.345 e. The minimum Gasteiger partial charge on any atom is -0.405 e. The van der Waals surface area contributed by atoms with Crippen molar-refractivity contribution in [3.05, 3.63) is 61.1 Å². The van der Waals surface area contributed by atoms with Crippen LogP contribution < -0.4 is 22.2 Å². The molecule has 3 N–H and O–H groups in total. The zero-order valence-corrected chi connectivity index (χ0v) is 15.0. The van der Waals surface area contributed by atoms with Crippen molar-refractivity contribution in [1.29, 1.82) is 0 Å². The van der Waals surface area contributed by atoms with Crippen molar-refractivity contribution >= 4 is 22.7 Å². The summed E-state index contributed by atoms with van der Waals surface area (Å²) in [6.45, 7) is 3.41. The lowest BCUT2D eigenvalue weighted by Gasteiger charge is -2.11. The maximum atomic E-state index is 12.6. The van der Waals surface area contributed by atoms with E-state index in [1.165, 1.54) is 6.92 Å². The van der Waals surface area contributed by atoms with Gasteiger partial charge in [0.25, 0.3) is 5.56 Å². The van der Waals surface area contributed by atoms with Gasteiger partial charge in [-0.15, -0.1) is 0 Å². The van der Waals surface area contributed by atoms with Crippen LogP contribution in [0.1, 0.15) is 32.3 Å². The Morgan fingerprint density at radius 2 is 1.81 bits per heavy atom. The summed E-state index contributed by atoms with van der Waals surface area (Å²) in [4.78, 5) is 52.2. The Kier molecular flexibility index (Phi) is 5.07. The molecule has 0 spiro atoms. The predicted octanol–water partition coefficient (Wildman–Crippen LogP) is 2.14. The van der Waals surface area contributed by atoms with Crippen LogP contribution >= 0.6 is 0 Å². The molecule has 1 aromatic carbocycles. The minimum absolute atomic E-state index is 0.126. The molecule has 0 saturated carbocycles. The van der Waals surface area contributed by atoms with Gasteiger partial charge in [-0.25, -0.2) is 9.59 Å². The van der Waals surface area contributed by atoms with E-state index in [1.807, 2.05) is 6.92 Å². The van der Waals surface area contributed by atoms with Crippen LogP contribution in [-0.4, -0.2) is 15.9 Å². The van der Waals surface area contributed by atoms with Crippen LogP contribution in [0.15, 0.2) is 43.1 Å². The van der Waals surface area contributed by atoms with Crippen LogP contribution in [0.3, 0.4) is 0 Å². The Bertz CT molecular complexity index is 1170. The van der Waals surface area contributed by atoms with Crippen LogP contribution in [0.25, 0.3) is 22.2 Å². The SMILES string of the molecule is CCCCc1c(-c2ccc(NC(C)=O)cc2)c(=O)oc2[nH]c(=O)[nH]c(=O)c12. The number of fused-ring (bicyclic) bond motifs is 1. The fourth-order valence-electron chi connectivity index (χ4n) is 3.03. The fourth-order valence-corrected chi connectivity index (χ4v) is 3.03. The number of hydrogen-bond acceptors (Lipinski definition) is 5. The first kappa shape index (κ1) is 18.4. The van der Waals surface area contributed by atoms with Crippen LogP contribution in [-0.2, 0) is 11.2 Å². The molecule has 0 fully saturated rings. The molecule has 0 aliphatic carbocycles. The summed E-state index contributed by atoms with van der Waals surface area (Å²) in [5.41, 5.74) is -0.120. The van der Waals surface area contributed by atoms with Gasteiger partial charge >= 0.3 is 11.3 Å². The fraction of sp³-hybridized carbons (Fsp3) is 0.263. The van der Waals surface area contributed by atoms with Gasteiger partial charge in [0.1, 0.15) is 5.39 Å². The number of rotatable bonds is 5. The quantitative estimate of drug-likeness (QED) is 0.635. The molecule has 3 aromatic rings. The summed E-state index contributed by atoms with van der Waals surface area (Å²) in [6, 6.07) is 6.69. The first-order valence-corrected chi connectivity index (χ1v) is 8.61. The average molecular weight is 369 g/mol. The van der Waals surface area contributed by atoms with E-state index in [0.29, 0.717) is 23.2 Å². The summed E-state index contributed by atoms with van der Waals surface area (Å²) >= 11 is 0. The van der Waals surface area contributed by atoms with Gasteiger partial charge in [-0.1, -0.05) is 25.5 Å². The van der Waals surface area contributed by atoms with Gasteiger partial charge < -0.3 is 9.73 Å². The number of carbonyl (C=O) groups excluding carboxylic acids is 1. The predicted molar refractivity (Wildman–Crippen MR) is 102 cm³/mol. The summed E-state index contributed by atoms with van der Waals surface area (Å²) in [6.07, 6.45) is 2.11. The monoisotopic (exact) mass is 369 g/mol. The van der Waals surface area contributed by atoms with E-state index in [2.05, 4.69) is 15.3 Å². The second-order valence-electron chi connectivity index (χ2n) is 6.22. The van der Waals surface area contributed by atoms with Crippen molar-refractivity contribution < 1.29 is 9.21 Å². The van der Waals surface area contributed by atoms with Crippen LogP contribution in [0.5, 0.6) is 0 Å². The molecule has 0 bridgehead atoms. The van der Waals surface area contributed by atoms with Crippen molar-refractivity contribution in [2.24, 2.45) is 0 Å². The number of aromatic nitrogens is 2. The van der Waals surface area contributed by atoms with Gasteiger partial charge in [0, 0.05) is 12.6 Å². The zero-order chi connectivity index (χ0) is 19.6. The molecule has 8 heteroatoms. The number of aromatic amines is 2. The number of unbranched alkanes of at least 4 members (excludes halogenated alkanes) is 1. The molecule has 2 heterocycles. The van der Waals surface area contributed by atoms with E-state index in [-0.39, 0.29) is 22.6 Å². The Morgan fingerprint density at radius 3 is 2.44 bits per heavy atom. The molecule has 0 atom stereocenters. The van der Waals surface area contributed by atoms with Gasteiger partial charge in [0.05, 0.1) is 5.56 Å². The third-order valence-electron chi connectivity index (χ3n) is 4.18. The number of anilines is 1.